The lowest BCUT2D eigenvalue weighted by molar-refractivity contribution is 0.504. The van der Waals surface area contributed by atoms with Crippen LogP contribution >= 0.6 is 11.6 Å². The Morgan fingerprint density at radius 2 is 1.85 bits per heavy atom. The Hall–Kier alpha value is -1.45. The minimum absolute atomic E-state index is 0.188. The quantitative estimate of drug-likeness (QED) is 0.867. The average molecular weight is 296 g/mol. The van der Waals surface area contributed by atoms with Gasteiger partial charge in [-0.1, -0.05) is 30.7 Å². The van der Waals surface area contributed by atoms with Crippen molar-refractivity contribution in [3.8, 4) is 0 Å². The molecule has 0 aliphatic heterocycles. The molecular weight excluding hydrogens is 280 g/mol. The van der Waals surface area contributed by atoms with E-state index in [1.807, 2.05) is 26.0 Å². The van der Waals surface area contributed by atoms with E-state index in [-0.39, 0.29) is 6.04 Å². The molecule has 2 rings (SSSR count). The van der Waals surface area contributed by atoms with Crippen molar-refractivity contribution in [1.82, 2.24) is 5.32 Å². The van der Waals surface area contributed by atoms with Crippen molar-refractivity contribution >= 4 is 11.6 Å². The van der Waals surface area contributed by atoms with E-state index < -0.39 is 11.6 Å². The Bertz CT molecular complexity index is 613. The number of nitrogens with one attached hydrogen (secondary N) is 1. The third-order valence-corrected chi connectivity index (χ3v) is 3.46. The summed E-state index contributed by atoms with van der Waals surface area (Å²) in [6, 6.07) is 9.37. The molecule has 106 valence electrons. The highest BCUT2D eigenvalue weighted by Gasteiger charge is 2.17. The molecule has 1 unspecified atom stereocenters. The van der Waals surface area contributed by atoms with Crippen LogP contribution in [0.1, 0.15) is 29.7 Å². The van der Waals surface area contributed by atoms with Crippen molar-refractivity contribution < 1.29 is 8.78 Å². The molecule has 0 aliphatic rings. The van der Waals surface area contributed by atoms with Crippen LogP contribution in [0.25, 0.3) is 0 Å². The van der Waals surface area contributed by atoms with Crippen molar-refractivity contribution in [2.45, 2.75) is 19.9 Å². The first kappa shape index (κ1) is 14.9. The van der Waals surface area contributed by atoms with E-state index in [1.165, 1.54) is 6.07 Å². The first-order valence-electron chi connectivity index (χ1n) is 6.47. The van der Waals surface area contributed by atoms with Crippen LogP contribution < -0.4 is 5.32 Å². The molecule has 1 nitrogen and oxygen atoms in total. The first-order chi connectivity index (χ1) is 9.52. The molecule has 20 heavy (non-hydrogen) atoms. The van der Waals surface area contributed by atoms with Gasteiger partial charge in [-0.3, -0.25) is 0 Å². The van der Waals surface area contributed by atoms with Gasteiger partial charge in [-0.2, -0.15) is 0 Å². The van der Waals surface area contributed by atoms with Crippen molar-refractivity contribution in [1.29, 1.82) is 0 Å². The van der Waals surface area contributed by atoms with Crippen molar-refractivity contribution in [3.05, 3.63) is 69.7 Å². The fourth-order valence-corrected chi connectivity index (χ4v) is 2.49. The molecule has 4 heteroatoms. The molecule has 0 fully saturated rings. The summed E-state index contributed by atoms with van der Waals surface area (Å²) >= 11 is 5.96. The number of benzene rings is 2. The minimum atomic E-state index is -0.836. The van der Waals surface area contributed by atoms with E-state index in [4.69, 9.17) is 11.6 Å². The molecule has 0 aliphatic carbocycles. The van der Waals surface area contributed by atoms with Gasteiger partial charge in [0.05, 0.1) is 6.04 Å². The molecule has 0 spiro atoms. The molecule has 1 atom stereocenters. The van der Waals surface area contributed by atoms with Crippen LogP contribution in [0.4, 0.5) is 8.78 Å². The largest absolute Gasteiger partial charge is 0.307 e. The van der Waals surface area contributed by atoms with E-state index in [0.29, 0.717) is 17.1 Å². The number of aryl methyl sites for hydroxylation is 1. The molecule has 0 aromatic heterocycles. The zero-order valence-electron chi connectivity index (χ0n) is 11.4. The summed E-state index contributed by atoms with van der Waals surface area (Å²) in [5.41, 5.74) is 2.70. The fourth-order valence-electron chi connectivity index (χ4n) is 2.27. The molecule has 0 saturated heterocycles. The van der Waals surface area contributed by atoms with Crippen LogP contribution in [0.2, 0.25) is 5.02 Å². The third-order valence-electron chi connectivity index (χ3n) is 3.23. The molecule has 0 bridgehead atoms. The van der Waals surface area contributed by atoms with Crippen LogP contribution in [0.5, 0.6) is 0 Å². The summed E-state index contributed by atoms with van der Waals surface area (Å²) in [6.07, 6.45) is 0. The number of hydrogen-bond donors (Lipinski definition) is 1. The molecular formula is C16H16ClF2N. The molecule has 0 radical (unpaired) electrons. The Morgan fingerprint density at radius 1 is 1.10 bits per heavy atom. The standard InChI is InChI=1S/C16H16ClF2N/c1-3-20-16(11-4-7-14(18)15(19)9-11)13-6-5-12(17)8-10(13)2/h4-9,16,20H,3H2,1-2H3. The highest BCUT2D eigenvalue weighted by molar-refractivity contribution is 6.30. The van der Waals surface area contributed by atoms with Crippen molar-refractivity contribution in [3.63, 3.8) is 0 Å². The van der Waals surface area contributed by atoms with Gasteiger partial charge in [-0.15, -0.1) is 0 Å². The highest BCUT2D eigenvalue weighted by atomic mass is 35.5. The normalized spacial score (nSPS) is 12.4. The topological polar surface area (TPSA) is 12.0 Å². The van der Waals surface area contributed by atoms with Gasteiger partial charge < -0.3 is 5.32 Å². The summed E-state index contributed by atoms with van der Waals surface area (Å²) in [5, 5.41) is 3.95. The lowest BCUT2D eigenvalue weighted by Gasteiger charge is -2.21. The summed E-state index contributed by atoms with van der Waals surface area (Å²) in [4.78, 5) is 0. The lowest BCUT2D eigenvalue weighted by atomic mass is 9.95. The minimum Gasteiger partial charge on any atom is -0.307 e. The van der Waals surface area contributed by atoms with Gasteiger partial charge in [0.25, 0.3) is 0 Å². The maximum Gasteiger partial charge on any atom is 0.159 e. The number of hydrogen-bond acceptors (Lipinski definition) is 1. The van der Waals surface area contributed by atoms with Crippen LogP contribution in [0, 0.1) is 18.6 Å². The third kappa shape index (κ3) is 3.17. The average Bonchev–Trinajstić information content (AvgIpc) is 2.40. The SMILES string of the molecule is CCNC(c1ccc(F)c(F)c1)c1ccc(Cl)cc1C. The Morgan fingerprint density at radius 3 is 2.45 bits per heavy atom. The van der Waals surface area contributed by atoms with Crippen LogP contribution in [-0.4, -0.2) is 6.54 Å². The smallest absolute Gasteiger partial charge is 0.159 e. The van der Waals surface area contributed by atoms with Crippen LogP contribution in [0.15, 0.2) is 36.4 Å². The van der Waals surface area contributed by atoms with Gasteiger partial charge in [0, 0.05) is 5.02 Å². The molecule has 1 N–H and O–H groups in total. The first-order valence-corrected chi connectivity index (χ1v) is 6.85. The maximum absolute atomic E-state index is 13.4. The zero-order chi connectivity index (χ0) is 14.7. The second kappa shape index (κ2) is 6.33. The molecule has 0 heterocycles. The molecule has 0 saturated carbocycles. The van der Waals surface area contributed by atoms with E-state index in [0.717, 1.165) is 17.2 Å². The summed E-state index contributed by atoms with van der Waals surface area (Å²) in [5.74, 6) is -1.67. The predicted molar refractivity (Wildman–Crippen MR) is 78.1 cm³/mol. The van der Waals surface area contributed by atoms with E-state index in [1.54, 1.807) is 12.1 Å². The Labute approximate surface area is 122 Å². The number of halogens is 3. The molecule has 0 amide bonds. The molecule has 2 aromatic rings. The highest BCUT2D eigenvalue weighted by Crippen LogP contribution is 2.27. The second-order valence-corrected chi connectivity index (χ2v) is 5.10. The monoisotopic (exact) mass is 295 g/mol. The Kier molecular flexibility index (Phi) is 4.73. The van der Waals surface area contributed by atoms with Gasteiger partial charge >= 0.3 is 0 Å². The van der Waals surface area contributed by atoms with Crippen LogP contribution in [-0.2, 0) is 0 Å². The fraction of sp³-hybridized carbons (Fsp3) is 0.250. The maximum atomic E-state index is 13.4. The molecule has 2 aromatic carbocycles. The summed E-state index contributed by atoms with van der Waals surface area (Å²) < 4.78 is 26.5. The van der Waals surface area contributed by atoms with Gasteiger partial charge in [0.1, 0.15) is 0 Å². The van der Waals surface area contributed by atoms with Gasteiger partial charge in [-0.25, -0.2) is 8.78 Å². The second-order valence-electron chi connectivity index (χ2n) is 4.67. The summed E-state index contributed by atoms with van der Waals surface area (Å²) in [7, 11) is 0. The van der Waals surface area contributed by atoms with Crippen LogP contribution in [0.3, 0.4) is 0 Å². The van der Waals surface area contributed by atoms with Crippen molar-refractivity contribution in [2.24, 2.45) is 0 Å². The van der Waals surface area contributed by atoms with Gasteiger partial charge in [0.2, 0.25) is 0 Å². The predicted octanol–water partition coefficient (Wildman–Crippen LogP) is 4.63. The number of rotatable bonds is 4. The van der Waals surface area contributed by atoms with Crippen molar-refractivity contribution in [2.75, 3.05) is 6.54 Å². The Balaban J connectivity index is 2.47. The lowest BCUT2D eigenvalue weighted by Crippen LogP contribution is -2.23. The summed E-state index contributed by atoms with van der Waals surface area (Å²) in [6.45, 7) is 4.63. The van der Waals surface area contributed by atoms with E-state index >= 15 is 0 Å². The van der Waals surface area contributed by atoms with E-state index in [2.05, 4.69) is 5.32 Å². The van der Waals surface area contributed by atoms with Gasteiger partial charge in [-0.05, 0) is 54.4 Å². The van der Waals surface area contributed by atoms with E-state index in [9.17, 15) is 8.78 Å². The van der Waals surface area contributed by atoms with Gasteiger partial charge in [0.15, 0.2) is 11.6 Å². The zero-order valence-corrected chi connectivity index (χ0v) is 12.1.